The summed E-state index contributed by atoms with van der Waals surface area (Å²) in [6.45, 7) is 1.78. The Morgan fingerprint density at radius 2 is 2.00 bits per heavy atom. The number of aliphatic hydroxyl groups is 1. The Kier molecular flexibility index (Phi) is 6.60. The molecule has 0 aromatic carbocycles. The van der Waals surface area contributed by atoms with E-state index in [9.17, 15) is 0 Å². The molecule has 10 heavy (non-hydrogen) atoms. The van der Waals surface area contributed by atoms with E-state index in [2.05, 4.69) is 0 Å². The van der Waals surface area contributed by atoms with Crippen LogP contribution in [0.1, 0.15) is 26.2 Å². The first-order valence-electron chi connectivity index (χ1n) is 3.55. The van der Waals surface area contributed by atoms with Gasteiger partial charge in [0.25, 0.3) is 0 Å². The van der Waals surface area contributed by atoms with Crippen molar-refractivity contribution < 1.29 is 5.11 Å². The first-order chi connectivity index (χ1) is 4.66. The van der Waals surface area contributed by atoms with Crippen LogP contribution in [0.5, 0.6) is 0 Å². The van der Waals surface area contributed by atoms with E-state index in [1.807, 2.05) is 0 Å². The Balaban J connectivity index is 3.03. The number of hydrogen-bond donors (Lipinski definition) is 1. The lowest BCUT2D eigenvalue weighted by atomic mass is 10.1. The van der Waals surface area contributed by atoms with Gasteiger partial charge in [-0.1, -0.05) is 0 Å². The Labute approximate surface area is 72.3 Å². The van der Waals surface area contributed by atoms with E-state index in [0.717, 1.165) is 19.3 Å². The van der Waals surface area contributed by atoms with E-state index < -0.39 is 0 Å². The quantitative estimate of drug-likeness (QED) is 0.652. The summed E-state index contributed by atoms with van der Waals surface area (Å²) in [5.41, 5.74) is 0. The van der Waals surface area contributed by atoms with E-state index in [1.165, 1.54) is 0 Å². The van der Waals surface area contributed by atoms with Crippen LogP contribution in [0.4, 0.5) is 0 Å². The molecule has 1 N–H and O–H groups in total. The fourth-order valence-corrected chi connectivity index (χ4v) is 1.02. The predicted molar refractivity (Wildman–Crippen MR) is 45.9 cm³/mol. The van der Waals surface area contributed by atoms with Gasteiger partial charge in [0, 0.05) is 11.3 Å². The second-order valence-electron chi connectivity index (χ2n) is 2.53. The fourth-order valence-electron chi connectivity index (χ4n) is 0.712. The molecule has 0 amide bonds. The Bertz CT molecular complexity index is 76.0. The predicted octanol–water partition coefficient (Wildman–Crippen LogP) is 2.38. The third-order valence-corrected chi connectivity index (χ3v) is 2.21. The van der Waals surface area contributed by atoms with Gasteiger partial charge in [-0.3, -0.25) is 0 Å². The van der Waals surface area contributed by atoms with Crippen LogP contribution < -0.4 is 0 Å². The van der Waals surface area contributed by atoms with Crippen LogP contribution in [0.3, 0.4) is 0 Å². The largest absolute Gasteiger partial charge is 0.393 e. The number of halogens is 2. The monoisotopic (exact) mass is 184 g/mol. The second-order valence-corrected chi connectivity index (χ2v) is 3.46. The van der Waals surface area contributed by atoms with Crippen LogP contribution in [0.25, 0.3) is 0 Å². The van der Waals surface area contributed by atoms with Crippen molar-refractivity contribution in [1.29, 1.82) is 0 Å². The molecule has 0 fully saturated rings. The standard InChI is InChI=1S/C7H14Cl2O/c1-6(10)3-2-4-7(9)5-8/h6-7,10H,2-5H2,1H3. The van der Waals surface area contributed by atoms with Crippen molar-refractivity contribution in [3.63, 3.8) is 0 Å². The zero-order valence-corrected chi connectivity index (χ0v) is 7.70. The normalized spacial score (nSPS) is 16.8. The Morgan fingerprint density at radius 3 is 2.40 bits per heavy atom. The van der Waals surface area contributed by atoms with Crippen molar-refractivity contribution in [3.8, 4) is 0 Å². The van der Waals surface area contributed by atoms with Crippen molar-refractivity contribution in [1.82, 2.24) is 0 Å². The summed E-state index contributed by atoms with van der Waals surface area (Å²) < 4.78 is 0. The van der Waals surface area contributed by atoms with Gasteiger partial charge in [-0.25, -0.2) is 0 Å². The fraction of sp³-hybridized carbons (Fsp3) is 1.00. The van der Waals surface area contributed by atoms with E-state index in [0.29, 0.717) is 5.88 Å². The molecule has 62 valence electrons. The topological polar surface area (TPSA) is 20.2 Å². The Hall–Kier alpha value is 0.540. The lowest BCUT2D eigenvalue weighted by Gasteiger charge is -2.05. The third kappa shape index (κ3) is 6.66. The average molecular weight is 185 g/mol. The van der Waals surface area contributed by atoms with Crippen molar-refractivity contribution in [2.75, 3.05) is 5.88 Å². The maximum absolute atomic E-state index is 8.86. The summed E-state index contributed by atoms with van der Waals surface area (Å²) in [5, 5.41) is 8.93. The molecule has 2 unspecified atom stereocenters. The minimum atomic E-state index is -0.209. The SMILES string of the molecule is CC(O)CCCC(Cl)CCl. The molecule has 0 aliphatic carbocycles. The lowest BCUT2D eigenvalue weighted by Crippen LogP contribution is -2.04. The molecule has 0 aliphatic heterocycles. The number of aliphatic hydroxyl groups excluding tert-OH is 1. The van der Waals surface area contributed by atoms with E-state index in [-0.39, 0.29) is 11.5 Å². The molecule has 0 saturated carbocycles. The summed E-state index contributed by atoms with van der Waals surface area (Å²) >= 11 is 11.2. The molecule has 0 rings (SSSR count). The van der Waals surface area contributed by atoms with E-state index >= 15 is 0 Å². The molecule has 0 aromatic heterocycles. The van der Waals surface area contributed by atoms with Gasteiger partial charge >= 0.3 is 0 Å². The van der Waals surface area contributed by atoms with Crippen LogP contribution in [-0.2, 0) is 0 Å². The molecule has 0 spiro atoms. The highest BCUT2D eigenvalue weighted by Gasteiger charge is 2.02. The highest BCUT2D eigenvalue weighted by molar-refractivity contribution is 6.28. The third-order valence-electron chi connectivity index (χ3n) is 1.31. The summed E-state index contributed by atoms with van der Waals surface area (Å²) in [6, 6.07) is 0. The highest BCUT2D eigenvalue weighted by Crippen LogP contribution is 2.10. The van der Waals surface area contributed by atoms with E-state index in [1.54, 1.807) is 6.92 Å². The summed E-state index contributed by atoms with van der Waals surface area (Å²) in [7, 11) is 0. The average Bonchev–Trinajstić information content (AvgIpc) is 1.87. The molecule has 0 bridgehead atoms. The molecule has 0 aliphatic rings. The van der Waals surface area contributed by atoms with Gasteiger partial charge in [0.1, 0.15) is 0 Å². The lowest BCUT2D eigenvalue weighted by molar-refractivity contribution is 0.180. The van der Waals surface area contributed by atoms with Crippen molar-refractivity contribution >= 4 is 23.2 Å². The summed E-state index contributed by atoms with van der Waals surface area (Å²) in [5.74, 6) is 0.501. The van der Waals surface area contributed by atoms with Gasteiger partial charge in [-0.2, -0.15) is 0 Å². The van der Waals surface area contributed by atoms with Crippen LogP contribution >= 0.6 is 23.2 Å². The second kappa shape index (κ2) is 6.26. The van der Waals surface area contributed by atoms with Crippen molar-refractivity contribution in [3.05, 3.63) is 0 Å². The summed E-state index contributed by atoms with van der Waals surface area (Å²) in [4.78, 5) is 0. The van der Waals surface area contributed by atoms with Crippen LogP contribution in [-0.4, -0.2) is 22.5 Å². The van der Waals surface area contributed by atoms with Gasteiger partial charge < -0.3 is 5.11 Å². The van der Waals surface area contributed by atoms with E-state index in [4.69, 9.17) is 28.3 Å². The van der Waals surface area contributed by atoms with Crippen molar-refractivity contribution in [2.24, 2.45) is 0 Å². The first-order valence-corrected chi connectivity index (χ1v) is 4.52. The van der Waals surface area contributed by atoms with Gasteiger partial charge in [0.15, 0.2) is 0 Å². The summed E-state index contributed by atoms with van der Waals surface area (Å²) in [6.07, 6.45) is 2.47. The van der Waals surface area contributed by atoms with Gasteiger partial charge in [-0.05, 0) is 26.2 Å². The number of alkyl halides is 2. The highest BCUT2D eigenvalue weighted by atomic mass is 35.5. The van der Waals surface area contributed by atoms with Gasteiger partial charge in [0.2, 0.25) is 0 Å². The molecular formula is C7H14Cl2O. The minimum absolute atomic E-state index is 0.0698. The first kappa shape index (κ1) is 10.5. The zero-order chi connectivity index (χ0) is 7.98. The molecule has 0 heterocycles. The van der Waals surface area contributed by atoms with Crippen LogP contribution in [0, 0.1) is 0 Å². The van der Waals surface area contributed by atoms with Crippen LogP contribution in [0.2, 0.25) is 0 Å². The maximum atomic E-state index is 8.86. The molecule has 0 radical (unpaired) electrons. The smallest absolute Gasteiger partial charge is 0.0512 e. The molecule has 2 atom stereocenters. The van der Waals surface area contributed by atoms with Crippen molar-refractivity contribution in [2.45, 2.75) is 37.7 Å². The Morgan fingerprint density at radius 1 is 1.40 bits per heavy atom. The zero-order valence-electron chi connectivity index (χ0n) is 6.19. The number of rotatable bonds is 5. The number of hydrogen-bond acceptors (Lipinski definition) is 1. The molecule has 0 aromatic rings. The minimum Gasteiger partial charge on any atom is -0.393 e. The van der Waals surface area contributed by atoms with Gasteiger partial charge in [0.05, 0.1) is 6.10 Å². The molecule has 3 heteroatoms. The maximum Gasteiger partial charge on any atom is 0.0512 e. The molecule has 0 saturated heterocycles. The molecule has 1 nitrogen and oxygen atoms in total. The van der Waals surface area contributed by atoms with Gasteiger partial charge in [-0.15, -0.1) is 23.2 Å². The van der Waals surface area contributed by atoms with Crippen LogP contribution in [0.15, 0.2) is 0 Å². The molecular weight excluding hydrogens is 171 g/mol.